The molecule has 0 aromatic heterocycles. The molecule has 0 saturated carbocycles. The molecule has 1 heterocycles. The number of imide groups is 2. The molecule has 0 spiro atoms. The number of urea groups is 1. The highest BCUT2D eigenvalue weighted by molar-refractivity contribution is 6.03. The summed E-state index contributed by atoms with van der Waals surface area (Å²) in [5.74, 6) is -0.626. The SMILES string of the molecule is CC(=O)N1C(=O)N(C(C)=O)[C@H](Cc2ccccc2)[C@H]1CCCc1ccccc1. The Hall–Kier alpha value is -2.95. The van der Waals surface area contributed by atoms with Crippen molar-refractivity contribution >= 4 is 17.8 Å². The zero-order chi connectivity index (χ0) is 20.1. The molecule has 28 heavy (non-hydrogen) atoms. The summed E-state index contributed by atoms with van der Waals surface area (Å²) >= 11 is 0. The normalized spacial score (nSPS) is 19.1. The van der Waals surface area contributed by atoms with Gasteiger partial charge in [-0.1, -0.05) is 60.7 Å². The van der Waals surface area contributed by atoms with Crippen LogP contribution >= 0.6 is 0 Å². The minimum Gasteiger partial charge on any atom is -0.275 e. The van der Waals surface area contributed by atoms with Gasteiger partial charge in [-0.3, -0.25) is 19.4 Å². The van der Waals surface area contributed by atoms with Gasteiger partial charge >= 0.3 is 6.03 Å². The van der Waals surface area contributed by atoms with Crippen LogP contribution in [0.2, 0.25) is 0 Å². The van der Waals surface area contributed by atoms with Crippen LogP contribution in [-0.4, -0.2) is 39.7 Å². The highest BCUT2D eigenvalue weighted by atomic mass is 16.2. The van der Waals surface area contributed by atoms with Gasteiger partial charge in [0.25, 0.3) is 0 Å². The molecule has 0 aliphatic carbocycles. The molecule has 5 heteroatoms. The highest BCUT2D eigenvalue weighted by Crippen LogP contribution is 2.30. The molecule has 3 rings (SSSR count). The smallest absolute Gasteiger partial charge is 0.275 e. The second-order valence-electron chi connectivity index (χ2n) is 7.26. The van der Waals surface area contributed by atoms with Crippen molar-refractivity contribution in [1.29, 1.82) is 0 Å². The average Bonchev–Trinajstić information content (AvgIpc) is 2.95. The number of nitrogens with zero attached hydrogens (tertiary/aromatic N) is 2. The second-order valence-corrected chi connectivity index (χ2v) is 7.26. The van der Waals surface area contributed by atoms with E-state index in [1.165, 1.54) is 29.2 Å². The van der Waals surface area contributed by atoms with Gasteiger partial charge in [-0.05, 0) is 36.8 Å². The van der Waals surface area contributed by atoms with E-state index in [2.05, 4.69) is 12.1 Å². The first-order chi connectivity index (χ1) is 13.5. The molecule has 146 valence electrons. The molecule has 2 aromatic rings. The third kappa shape index (κ3) is 4.30. The number of rotatable bonds is 6. The Balaban J connectivity index is 1.82. The summed E-state index contributed by atoms with van der Waals surface area (Å²) in [6.07, 6.45) is 2.92. The first-order valence-electron chi connectivity index (χ1n) is 9.70. The molecule has 0 unspecified atom stereocenters. The third-order valence-electron chi connectivity index (χ3n) is 5.29. The van der Waals surface area contributed by atoms with Crippen LogP contribution in [0.4, 0.5) is 4.79 Å². The van der Waals surface area contributed by atoms with Gasteiger partial charge in [0.1, 0.15) is 0 Å². The zero-order valence-corrected chi connectivity index (χ0v) is 16.4. The van der Waals surface area contributed by atoms with E-state index < -0.39 is 6.03 Å². The summed E-state index contributed by atoms with van der Waals surface area (Å²) in [4.78, 5) is 39.9. The lowest BCUT2D eigenvalue weighted by atomic mass is 9.94. The van der Waals surface area contributed by atoms with Crippen molar-refractivity contribution in [3.05, 3.63) is 71.8 Å². The fourth-order valence-electron chi connectivity index (χ4n) is 4.04. The average molecular weight is 378 g/mol. The summed E-state index contributed by atoms with van der Waals surface area (Å²) in [5, 5.41) is 0. The molecular weight excluding hydrogens is 352 g/mol. The van der Waals surface area contributed by atoms with Crippen molar-refractivity contribution in [2.75, 3.05) is 0 Å². The van der Waals surface area contributed by atoms with Crippen LogP contribution in [0.3, 0.4) is 0 Å². The maximum atomic E-state index is 12.8. The lowest BCUT2D eigenvalue weighted by Crippen LogP contribution is -2.41. The molecule has 0 radical (unpaired) electrons. The molecule has 5 nitrogen and oxygen atoms in total. The van der Waals surface area contributed by atoms with E-state index in [1.807, 2.05) is 48.5 Å². The molecule has 1 aliphatic heterocycles. The van der Waals surface area contributed by atoms with E-state index >= 15 is 0 Å². The number of benzene rings is 2. The van der Waals surface area contributed by atoms with E-state index in [9.17, 15) is 14.4 Å². The van der Waals surface area contributed by atoms with Gasteiger partial charge in [-0.2, -0.15) is 0 Å². The van der Waals surface area contributed by atoms with Gasteiger partial charge in [-0.15, -0.1) is 0 Å². The highest BCUT2D eigenvalue weighted by Gasteiger charge is 2.48. The summed E-state index contributed by atoms with van der Waals surface area (Å²) in [6, 6.07) is 18.8. The molecular formula is C23H26N2O3. The van der Waals surface area contributed by atoms with Crippen molar-refractivity contribution in [3.8, 4) is 0 Å². The lowest BCUT2D eigenvalue weighted by Gasteiger charge is -2.26. The first-order valence-corrected chi connectivity index (χ1v) is 9.70. The Morgan fingerprint density at radius 3 is 1.82 bits per heavy atom. The molecule has 0 N–H and O–H groups in total. The van der Waals surface area contributed by atoms with Gasteiger partial charge in [0, 0.05) is 13.8 Å². The van der Waals surface area contributed by atoms with Crippen LogP contribution in [0.1, 0.15) is 37.8 Å². The van der Waals surface area contributed by atoms with Crippen LogP contribution in [0, 0.1) is 0 Å². The number of aryl methyl sites for hydroxylation is 1. The summed E-state index contributed by atoms with van der Waals surface area (Å²) in [6.45, 7) is 2.78. The van der Waals surface area contributed by atoms with E-state index in [1.54, 1.807) is 0 Å². The number of carbonyl (C=O) groups is 3. The Labute approximate surface area is 166 Å². The monoisotopic (exact) mass is 378 g/mol. The van der Waals surface area contributed by atoms with Crippen molar-refractivity contribution in [1.82, 2.24) is 9.80 Å². The quantitative estimate of drug-likeness (QED) is 0.768. The molecule has 2 aromatic carbocycles. The van der Waals surface area contributed by atoms with Crippen molar-refractivity contribution in [2.24, 2.45) is 0 Å². The first kappa shape index (κ1) is 19.8. The summed E-state index contributed by atoms with van der Waals surface area (Å²) < 4.78 is 0. The fraction of sp³-hybridized carbons (Fsp3) is 0.348. The van der Waals surface area contributed by atoms with Crippen LogP contribution < -0.4 is 0 Å². The molecule has 1 aliphatic rings. The molecule has 1 saturated heterocycles. The van der Waals surface area contributed by atoms with E-state index in [4.69, 9.17) is 0 Å². The number of hydrogen-bond donors (Lipinski definition) is 0. The second kappa shape index (κ2) is 8.83. The Morgan fingerprint density at radius 1 is 0.786 bits per heavy atom. The molecule has 4 amide bonds. The minimum absolute atomic E-state index is 0.308. The Kier molecular flexibility index (Phi) is 6.24. The van der Waals surface area contributed by atoms with Crippen LogP contribution in [0.15, 0.2) is 60.7 Å². The van der Waals surface area contributed by atoms with Crippen molar-refractivity contribution in [3.63, 3.8) is 0 Å². The van der Waals surface area contributed by atoms with E-state index in [0.717, 1.165) is 18.4 Å². The number of amides is 4. The number of carbonyl (C=O) groups excluding carboxylic acids is 3. The van der Waals surface area contributed by atoms with E-state index in [-0.39, 0.29) is 23.9 Å². The minimum atomic E-state index is -0.495. The Morgan fingerprint density at radius 2 is 1.29 bits per heavy atom. The summed E-state index contributed by atoms with van der Waals surface area (Å²) in [7, 11) is 0. The van der Waals surface area contributed by atoms with Crippen molar-refractivity contribution < 1.29 is 14.4 Å². The fourth-order valence-corrected chi connectivity index (χ4v) is 4.04. The maximum Gasteiger partial charge on any atom is 0.334 e. The molecule has 0 bridgehead atoms. The van der Waals surface area contributed by atoms with Gasteiger partial charge in [0.05, 0.1) is 12.1 Å². The number of hydrogen-bond acceptors (Lipinski definition) is 3. The summed E-state index contributed by atoms with van der Waals surface area (Å²) in [5.41, 5.74) is 2.27. The maximum absolute atomic E-state index is 12.8. The van der Waals surface area contributed by atoms with Crippen LogP contribution in [0.5, 0.6) is 0 Å². The van der Waals surface area contributed by atoms with Crippen LogP contribution in [-0.2, 0) is 22.4 Å². The topological polar surface area (TPSA) is 57.7 Å². The van der Waals surface area contributed by atoms with Gasteiger partial charge in [0.2, 0.25) is 11.8 Å². The van der Waals surface area contributed by atoms with E-state index in [0.29, 0.717) is 12.8 Å². The zero-order valence-electron chi connectivity index (χ0n) is 16.4. The standard InChI is InChI=1S/C23H26N2O3/c1-17(26)24-21(15-9-14-19-10-5-3-6-11-19)22(25(18(2)27)23(24)28)16-20-12-7-4-8-13-20/h3-8,10-13,21-22H,9,14-16H2,1-2H3/t21-,22-/m1/s1. The largest absolute Gasteiger partial charge is 0.334 e. The lowest BCUT2D eigenvalue weighted by molar-refractivity contribution is -0.127. The third-order valence-corrected chi connectivity index (χ3v) is 5.29. The van der Waals surface area contributed by atoms with Crippen molar-refractivity contribution in [2.45, 2.75) is 51.6 Å². The molecule has 2 atom stereocenters. The van der Waals surface area contributed by atoms with Crippen LogP contribution in [0.25, 0.3) is 0 Å². The van der Waals surface area contributed by atoms with Gasteiger partial charge in [-0.25, -0.2) is 4.79 Å². The Bertz CT molecular complexity index is 835. The predicted octanol–water partition coefficient (Wildman–Crippen LogP) is 3.82. The van der Waals surface area contributed by atoms with Gasteiger partial charge in [0.15, 0.2) is 0 Å². The van der Waals surface area contributed by atoms with Gasteiger partial charge < -0.3 is 0 Å². The predicted molar refractivity (Wildman–Crippen MR) is 108 cm³/mol. The molecule has 1 fully saturated rings.